The fraction of sp³-hybridized carbons (Fsp3) is 0.217. The topological polar surface area (TPSA) is 103 Å². The molecule has 2 aromatic carbocycles. The van der Waals surface area contributed by atoms with Crippen molar-refractivity contribution < 1.29 is 0 Å². The van der Waals surface area contributed by atoms with E-state index < -0.39 is 5.69 Å². The average molecular weight is 482 g/mol. The molecule has 0 bridgehead atoms. The molecule has 3 heterocycles. The number of hydrogen-bond acceptors (Lipinski definition) is 6. The number of hydrogen-bond donors (Lipinski definition) is 3. The highest BCUT2D eigenvalue weighted by molar-refractivity contribution is 6.37. The minimum Gasteiger partial charge on any atom is -0.324 e. The molecule has 168 valence electrons. The molecule has 0 saturated heterocycles. The molecule has 33 heavy (non-hydrogen) atoms. The van der Waals surface area contributed by atoms with Gasteiger partial charge in [0.1, 0.15) is 5.49 Å². The van der Waals surface area contributed by atoms with Crippen molar-refractivity contribution in [2.75, 3.05) is 12.4 Å². The molecule has 3 N–H and O–H groups in total. The van der Waals surface area contributed by atoms with Crippen LogP contribution in [0, 0.1) is 5.41 Å². The van der Waals surface area contributed by atoms with Gasteiger partial charge < -0.3 is 5.32 Å². The van der Waals surface area contributed by atoms with E-state index >= 15 is 0 Å². The number of benzene rings is 2. The molecule has 0 aliphatic carbocycles. The Labute approximate surface area is 199 Å². The average Bonchev–Trinajstić information content (AvgIpc) is 2.98. The van der Waals surface area contributed by atoms with Gasteiger partial charge in [0.05, 0.1) is 21.1 Å². The molecule has 10 heteroatoms. The van der Waals surface area contributed by atoms with Gasteiger partial charge in [-0.25, -0.2) is 14.3 Å². The Morgan fingerprint density at radius 2 is 1.91 bits per heavy atom. The zero-order valence-corrected chi connectivity index (χ0v) is 19.7. The number of para-hydroxylation sites is 1. The summed E-state index contributed by atoms with van der Waals surface area (Å²) in [7, 11) is 2.11. The number of anilines is 2. The Balaban J connectivity index is 1.55. The van der Waals surface area contributed by atoms with Gasteiger partial charge in [0, 0.05) is 24.0 Å². The molecule has 0 fully saturated rings. The first-order valence-electron chi connectivity index (χ1n) is 10.3. The third kappa shape index (κ3) is 3.51. The van der Waals surface area contributed by atoms with Crippen LogP contribution in [0.5, 0.6) is 0 Å². The highest BCUT2D eigenvalue weighted by Crippen LogP contribution is 2.39. The summed E-state index contributed by atoms with van der Waals surface area (Å²) in [5, 5.41) is 12.7. The Morgan fingerprint density at radius 3 is 2.64 bits per heavy atom. The lowest BCUT2D eigenvalue weighted by Crippen LogP contribution is -2.34. The van der Waals surface area contributed by atoms with E-state index in [0.717, 1.165) is 16.8 Å². The number of H-pyrrole nitrogens is 1. The van der Waals surface area contributed by atoms with Crippen LogP contribution in [-0.2, 0) is 12.1 Å². The summed E-state index contributed by atoms with van der Waals surface area (Å²) < 4.78 is 1.11. The van der Waals surface area contributed by atoms with Crippen LogP contribution in [0.15, 0.2) is 47.4 Å². The van der Waals surface area contributed by atoms with Crippen molar-refractivity contribution >= 4 is 45.9 Å². The molecule has 0 spiro atoms. The molecule has 0 saturated carbocycles. The third-order valence-electron chi connectivity index (χ3n) is 6.24. The summed E-state index contributed by atoms with van der Waals surface area (Å²) in [6, 6.07) is 11.1. The van der Waals surface area contributed by atoms with Gasteiger partial charge in [-0.15, -0.1) is 0 Å². The highest BCUT2D eigenvalue weighted by Gasteiger charge is 2.34. The van der Waals surface area contributed by atoms with Crippen molar-refractivity contribution in [2.24, 2.45) is 0 Å². The van der Waals surface area contributed by atoms with E-state index in [2.05, 4.69) is 58.2 Å². The summed E-state index contributed by atoms with van der Waals surface area (Å²) in [5.74, 6) is 0.315. The summed E-state index contributed by atoms with van der Waals surface area (Å²) in [6.45, 7) is 5.28. The Bertz CT molecular complexity index is 1520. The molecule has 0 amide bonds. The maximum Gasteiger partial charge on any atom is 0.333 e. The molecule has 0 unspecified atom stereocenters. The van der Waals surface area contributed by atoms with E-state index in [0.29, 0.717) is 11.3 Å². The first-order chi connectivity index (χ1) is 15.7. The van der Waals surface area contributed by atoms with Gasteiger partial charge in [-0.2, -0.15) is 4.98 Å². The van der Waals surface area contributed by atoms with E-state index in [-0.39, 0.29) is 32.4 Å². The molecule has 4 aromatic rings. The molecule has 2 aromatic heterocycles. The molecule has 5 rings (SSSR count). The highest BCUT2D eigenvalue weighted by atomic mass is 35.5. The second kappa shape index (κ2) is 7.69. The summed E-state index contributed by atoms with van der Waals surface area (Å²) in [6.07, 6.45) is 1.50. The maximum absolute atomic E-state index is 12.8. The lowest BCUT2D eigenvalue weighted by molar-refractivity contribution is 0.178. The van der Waals surface area contributed by atoms with Crippen LogP contribution in [0.25, 0.3) is 16.7 Å². The monoisotopic (exact) mass is 481 g/mol. The van der Waals surface area contributed by atoms with Gasteiger partial charge in [-0.3, -0.25) is 15.3 Å². The fourth-order valence-corrected chi connectivity index (χ4v) is 4.72. The largest absolute Gasteiger partial charge is 0.333 e. The van der Waals surface area contributed by atoms with Crippen molar-refractivity contribution in [1.29, 1.82) is 5.41 Å². The number of fused-ring (bicyclic) bond motifs is 2. The van der Waals surface area contributed by atoms with Crippen LogP contribution in [0.3, 0.4) is 0 Å². The SMILES string of the molecule is CN1Cc2ccc(Nc3ncc4c(=N)n(-c5c(Cl)cccc5Cl)c(=O)[nH]c4n3)cc2C1(C)C. The van der Waals surface area contributed by atoms with E-state index in [1.54, 1.807) is 18.2 Å². The molecule has 1 aliphatic heterocycles. The number of aromatic nitrogens is 4. The lowest BCUT2D eigenvalue weighted by atomic mass is 9.93. The predicted molar refractivity (Wildman–Crippen MR) is 130 cm³/mol. The molecular weight excluding hydrogens is 461 g/mol. The second-order valence-corrected chi connectivity index (χ2v) is 9.37. The normalized spacial score (nSPS) is 15.1. The number of nitrogens with zero attached hydrogens (tertiary/aromatic N) is 4. The number of halogens is 2. The van der Waals surface area contributed by atoms with Gasteiger partial charge >= 0.3 is 5.69 Å². The van der Waals surface area contributed by atoms with Crippen molar-refractivity contribution in [3.05, 3.63) is 79.7 Å². The van der Waals surface area contributed by atoms with Gasteiger partial charge in [0.25, 0.3) is 0 Å². The number of aromatic amines is 1. The second-order valence-electron chi connectivity index (χ2n) is 8.55. The van der Waals surface area contributed by atoms with Crippen molar-refractivity contribution in [2.45, 2.75) is 25.9 Å². The van der Waals surface area contributed by atoms with Crippen LogP contribution >= 0.6 is 23.2 Å². The van der Waals surface area contributed by atoms with Crippen LogP contribution in [0.1, 0.15) is 25.0 Å². The molecular formula is C23H21Cl2N7O. The first-order valence-corrected chi connectivity index (χ1v) is 11.0. The Kier molecular flexibility index (Phi) is 5.04. The zero-order chi connectivity index (χ0) is 23.5. The summed E-state index contributed by atoms with van der Waals surface area (Å²) in [4.78, 5) is 26.6. The van der Waals surface area contributed by atoms with E-state index in [4.69, 9.17) is 28.6 Å². The number of nitrogens with one attached hydrogen (secondary N) is 3. The summed E-state index contributed by atoms with van der Waals surface area (Å²) in [5.41, 5.74) is 3.10. The molecule has 1 aliphatic rings. The smallest absolute Gasteiger partial charge is 0.324 e. The minimum absolute atomic E-state index is 0.0732. The van der Waals surface area contributed by atoms with Crippen molar-refractivity contribution in [3.63, 3.8) is 0 Å². The Morgan fingerprint density at radius 1 is 1.18 bits per heavy atom. The van der Waals surface area contributed by atoms with Crippen LogP contribution in [0.2, 0.25) is 10.0 Å². The van der Waals surface area contributed by atoms with Gasteiger partial charge in [-0.05, 0) is 56.3 Å². The van der Waals surface area contributed by atoms with Crippen molar-refractivity contribution in [1.82, 2.24) is 24.4 Å². The molecule has 0 radical (unpaired) electrons. The van der Waals surface area contributed by atoms with E-state index in [1.165, 1.54) is 17.3 Å². The Hall–Kier alpha value is -3.20. The van der Waals surface area contributed by atoms with E-state index in [1.807, 2.05) is 6.07 Å². The standard InChI is InChI=1S/C23H21Cl2N7O/c1-23(2)15-9-13(8-7-12(15)11-31(23)3)28-21-27-10-14-19(26)32(22(33)30-20(14)29-21)18-16(24)5-4-6-17(18)25/h4-10,26H,11H2,1-3H3,(H2,27,28,29,30,33). The van der Waals surface area contributed by atoms with Crippen LogP contribution < -0.4 is 16.5 Å². The van der Waals surface area contributed by atoms with Crippen LogP contribution in [-0.4, -0.2) is 31.5 Å². The molecule has 8 nitrogen and oxygen atoms in total. The van der Waals surface area contributed by atoms with Gasteiger partial charge in [0.2, 0.25) is 5.95 Å². The quantitative estimate of drug-likeness (QED) is 0.404. The third-order valence-corrected chi connectivity index (χ3v) is 6.85. The number of rotatable bonds is 3. The van der Waals surface area contributed by atoms with Gasteiger partial charge in [0.15, 0.2) is 5.65 Å². The first kappa shape index (κ1) is 21.6. The molecule has 0 atom stereocenters. The summed E-state index contributed by atoms with van der Waals surface area (Å²) >= 11 is 12.5. The maximum atomic E-state index is 12.8. The zero-order valence-electron chi connectivity index (χ0n) is 18.2. The van der Waals surface area contributed by atoms with Crippen LogP contribution in [0.4, 0.5) is 11.6 Å². The van der Waals surface area contributed by atoms with Crippen molar-refractivity contribution in [3.8, 4) is 5.69 Å². The fourth-order valence-electron chi connectivity index (χ4n) is 4.16. The van der Waals surface area contributed by atoms with E-state index in [9.17, 15) is 4.79 Å². The lowest BCUT2D eigenvalue weighted by Gasteiger charge is -2.28. The minimum atomic E-state index is -0.575. The van der Waals surface area contributed by atoms with Gasteiger partial charge in [-0.1, -0.05) is 35.3 Å². The predicted octanol–water partition coefficient (Wildman–Crippen LogP) is 4.32.